The van der Waals surface area contributed by atoms with Crippen molar-refractivity contribution in [2.24, 2.45) is 10.9 Å². The van der Waals surface area contributed by atoms with Gasteiger partial charge in [0.25, 0.3) is 0 Å². The van der Waals surface area contributed by atoms with E-state index >= 15 is 0 Å². The molecule has 3 atom stereocenters. The number of anilines is 1. The van der Waals surface area contributed by atoms with Gasteiger partial charge >= 0.3 is 0 Å². The molecular weight excluding hydrogens is 423 g/mol. The molecule has 1 heterocycles. The summed E-state index contributed by atoms with van der Waals surface area (Å²) in [6.07, 6.45) is 2.38. The highest BCUT2D eigenvalue weighted by Gasteiger charge is 2.34. The van der Waals surface area contributed by atoms with Gasteiger partial charge in [0, 0.05) is 42.4 Å². The van der Waals surface area contributed by atoms with Crippen molar-refractivity contribution in [1.82, 2.24) is 10.6 Å². The fourth-order valence-corrected chi connectivity index (χ4v) is 3.15. The lowest BCUT2D eigenvalue weighted by Gasteiger charge is -2.20. The smallest absolute Gasteiger partial charge is 0.191 e. The number of halogens is 2. The van der Waals surface area contributed by atoms with E-state index in [0.717, 1.165) is 43.0 Å². The molecule has 1 aliphatic carbocycles. The van der Waals surface area contributed by atoms with E-state index in [0.29, 0.717) is 12.1 Å². The van der Waals surface area contributed by atoms with Crippen LogP contribution in [0.25, 0.3) is 0 Å². The molecule has 4 nitrogen and oxygen atoms in total. The molecule has 2 aliphatic rings. The van der Waals surface area contributed by atoms with Gasteiger partial charge in [0.05, 0.1) is 0 Å². The highest BCUT2D eigenvalue weighted by atomic mass is 127. The van der Waals surface area contributed by atoms with Crippen molar-refractivity contribution in [1.29, 1.82) is 0 Å². The van der Waals surface area contributed by atoms with Gasteiger partial charge in [-0.25, -0.2) is 0 Å². The number of benzene rings is 1. The Kier molecular flexibility index (Phi) is 6.83. The predicted molar refractivity (Wildman–Crippen MR) is 109 cm³/mol. The van der Waals surface area contributed by atoms with E-state index in [4.69, 9.17) is 11.6 Å². The van der Waals surface area contributed by atoms with Crippen LogP contribution in [0.2, 0.25) is 5.02 Å². The Labute approximate surface area is 161 Å². The van der Waals surface area contributed by atoms with Gasteiger partial charge in [-0.1, -0.05) is 24.6 Å². The quantitative estimate of drug-likeness (QED) is 0.421. The molecule has 23 heavy (non-hydrogen) atoms. The van der Waals surface area contributed by atoms with Crippen LogP contribution in [0.1, 0.15) is 26.7 Å². The number of hydrogen-bond donors (Lipinski definition) is 2. The lowest BCUT2D eigenvalue weighted by Crippen LogP contribution is -2.45. The number of nitrogens with one attached hydrogen (secondary N) is 2. The minimum Gasteiger partial charge on any atom is -0.369 e. The average molecular weight is 449 g/mol. The Morgan fingerprint density at radius 1 is 1.39 bits per heavy atom. The summed E-state index contributed by atoms with van der Waals surface area (Å²) < 4.78 is 0. The zero-order valence-corrected chi connectivity index (χ0v) is 16.8. The highest BCUT2D eigenvalue weighted by Crippen LogP contribution is 2.29. The monoisotopic (exact) mass is 448 g/mol. The van der Waals surface area contributed by atoms with Crippen molar-refractivity contribution in [2.75, 3.05) is 24.5 Å². The maximum Gasteiger partial charge on any atom is 0.191 e. The number of aliphatic imine (C=N–C) groups is 1. The Hall–Kier alpha value is -0.690. The first-order valence-electron chi connectivity index (χ1n) is 8.23. The van der Waals surface area contributed by atoms with Gasteiger partial charge in [-0.3, -0.25) is 4.99 Å². The minimum atomic E-state index is 0. The van der Waals surface area contributed by atoms with Crippen molar-refractivity contribution < 1.29 is 0 Å². The van der Waals surface area contributed by atoms with Crippen LogP contribution in [0.3, 0.4) is 0 Å². The topological polar surface area (TPSA) is 39.7 Å². The minimum absolute atomic E-state index is 0. The van der Waals surface area contributed by atoms with Crippen LogP contribution in [-0.4, -0.2) is 37.7 Å². The molecule has 1 aromatic rings. The zero-order valence-electron chi connectivity index (χ0n) is 13.8. The van der Waals surface area contributed by atoms with Gasteiger partial charge in [0.2, 0.25) is 0 Å². The van der Waals surface area contributed by atoms with E-state index in [1.54, 1.807) is 0 Å². The van der Waals surface area contributed by atoms with Crippen molar-refractivity contribution in [3.63, 3.8) is 0 Å². The Morgan fingerprint density at radius 3 is 2.83 bits per heavy atom. The van der Waals surface area contributed by atoms with E-state index in [2.05, 4.69) is 40.4 Å². The van der Waals surface area contributed by atoms with Crippen LogP contribution < -0.4 is 15.5 Å². The second-order valence-electron chi connectivity index (χ2n) is 6.34. The van der Waals surface area contributed by atoms with E-state index in [-0.39, 0.29) is 24.0 Å². The normalized spacial score (nSPS) is 26.7. The highest BCUT2D eigenvalue weighted by molar-refractivity contribution is 14.0. The molecule has 2 fully saturated rings. The second kappa shape index (κ2) is 8.42. The molecule has 3 rings (SSSR count). The molecule has 3 unspecified atom stereocenters. The molecule has 2 N–H and O–H groups in total. The van der Waals surface area contributed by atoms with Crippen molar-refractivity contribution >= 4 is 47.2 Å². The summed E-state index contributed by atoms with van der Waals surface area (Å²) >= 11 is 6.09. The summed E-state index contributed by atoms with van der Waals surface area (Å²) in [5, 5.41) is 7.92. The molecular formula is C17H26ClIN4. The van der Waals surface area contributed by atoms with E-state index in [9.17, 15) is 0 Å². The van der Waals surface area contributed by atoms with Gasteiger partial charge < -0.3 is 15.5 Å². The van der Waals surface area contributed by atoms with E-state index < -0.39 is 0 Å². The zero-order chi connectivity index (χ0) is 15.5. The summed E-state index contributed by atoms with van der Waals surface area (Å²) in [5.74, 6) is 1.74. The average Bonchev–Trinajstić information content (AvgIpc) is 2.99. The molecule has 0 amide bonds. The van der Waals surface area contributed by atoms with Gasteiger partial charge in [-0.15, -0.1) is 24.0 Å². The van der Waals surface area contributed by atoms with Crippen LogP contribution in [0.4, 0.5) is 5.69 Å². The molecule has 1 aliphatic heterocycles. The number of nitrogens with zero attached hydrogens (tertiary/aromatic N) is 2. The SMILES string of the molecule is CCN=C(NC1CCN(c2cccc(Cl)c2)C1)NC1CC1C.I. The molecule has 0 bridgehead atoms. The van der Waals surface area contributed by atoms with Crippen molar-refractivity contribution in [3.8, 4) is 0 Å². The van der Waals surface area contributed by atoms with Crippen LogP contribution in [-0.2, 0) is 0 Å². The second-order valence-corrected chi connectivity index (χ2v) is 6.78. The first-order chi connectivity index (χ1) is 10.7. The molecule has 1 saturated carbocycles. The predicted octanol–water partition coefficient (Wildman–Crippen LogP) is 3.50. The van der Waals surface area contributed by atoms with E-state index in [1.807, 2.05) is 18.2 Å². The summed E-state index contributed by atoms with van der Waals surface area (Å²) in [4.78, 5) is 6.95. The number of hydrogen-bond acceptors (Lipinski definition) is 2. The fraction of sp³-hybridized carbons (Fsp3) is 0.588. The summed E-state index contributed by atoms with van der Waals surface area (Å²) in [6.45, 7) is 7.20. The lowest BCUT2D eigenvalue weighted by atomic mass is 10.2. The molecule has 1 aromatic carbocycles. The summed E-state index contributed by atoms with van der Waals surface area (Å²) in [6, 6.07) is 9.13. The maximum atomic E-state index is 6.09. The van der Waals surface area contributed by atoms with Gasteiger partial charge in [-0.05, 0) is 43.9 Å². The standard InChI is InChI=1S/C17H25ClN4.HI/c1-3-19-17(21-16-9-12(16)2)20-14-7-8-22(11-14)15-6-4-5-13(18)10-15;/h4-6,10,12,14,16H,3,7-9,11H2,1-2H3,(H2,19,20,21);1H. The Morgan fingerprint density at radius 2 is 2.17 bits per heavy atom. The largest absolute Gasteiger partial charge is 0.369 e. The van der Waals surface area contributed by atoms with Crippen LogP contribution in [0.5, 0.6) is 0 Å². The van der Waals surface area contributed by atoms with Crippen molar-refractivity contribution in [2.45, 2.75) is 38.8 Å². The fourth-order valence-electron chi connectivity index (χ4n) is 2.97. The molecule has 0 aromatic heterocycles. The molecule has 128 valence electrons. The van der Waals surface area contributed by atoms with Gasteiger partial charge in [0.1, 0.15) is 0 Å². The van der Waals surface area contributed by atoms with Crippen molar-refractivity contribution in [3.05, 3.63) is 29.3 Å². The number of guanidine groups is 1. The van der Waals surface area contributed by atoms with Gasteiger partial charge in [-0.2, -0.15) is 0 Å². The molecule has 1 saturated heterocycles. The van der Waals surface area contributed by atoms with Crippen LogP contribution in [0.15, 0.2) is 29.3 Å². The summed E-state index contributed by atoms with van der Waals surface area (Å²) in [7, 11) is 0. The first kappa shape index (κ1) is 18.6. The summed E-state index contributed by atoms with van der Waals surface area (Å²) in [5.41, 5.74) is 1.20. The van der Waals surface area contributed by atoms with E-state index in [1.165, 1.54) is 12.1 Å². The van der Waals surface area contributed by atoms with Crippen LogP contribution in [0, 0.1) is 5.92 Å². The molecule has 0 spiro atoms. The molecule has 0 radical (unpaired) electrons. The van der Waals surface area contributed by atoms with Crippen LogP contribution >= 0.6 is 35.6 Å². The first-order valence-corrected chi connectivity index (χ1v) is 8.61. The maximum absolute atomic E-state index is 6.09. The molecule has 6 heteroatoms. The third-order valence-corrected chi connectivity index (χ3v) is 4.69. The third kappa shape index (κ3) is 5.14. The third-order valence-electron chi connectivity index (χ3n) is 4.45. The van der Waals surface area contributed by atoms with Gasteiger partial charge in [0.15, 0.2) is 5.96 Å². The lowest BCUT2D eigenvalue weighted by molar-refractivity contribution is 0.641. The Balaban J connectivity index is 0.00000192. The Bertz CT molecular complexity index is 551. The number of rotatable bonds is 4.